The predicted molar refractivity (Wildman–Crippen MR) is 112 cm³/mol. The summed E-state index contributed by atoms with van der Waals surface area (Å²) in [6.07, 6.45) is 0. The third-order valence-corrected chi connectivity index (χ3v) is 5.74. The van der Waals surface area contributed by atoms with E-state index >= 15 is 0 Å². The van der Waals surface area contributed by atoms with Crippen LogP contribution in [0, 0.1) is 18.3 Å². The second-order valence-electron chi connectivity index (χ2n) is 5.94. The Morgan fingerprint density at radius 1 is 1.32 bits per heavy atom. The highest BCUT2D eigenvalue weighted by Gasteiger charge is 2.19. The quantitative estimate of drug-likeness (QED) is 0.602. The molecular weight excluding hydrogens is 392 g/mol. The zero-order chi connectivity index (χ0) is 20.1. The van der Waals surface area contributed by atoms with Crippen LogP contribution < -0.4 is 10.1 Å². The number of benzene rings is 1. The van der Waals surface area contributed by atoms with Gasteiger partial charge < -0.3 is 10.1 Å². The number of nitriles is 1. The van der Waals surface area contributed by atoms with Gasteiger partial charge in [0.05, 0.1) is 23.6 Å². The number of methoxy groups -OCH3 is 1. The Morgan fingerprint density at radius 2 is 2.14 bits per heavy atom. The number of carbonyl (C=O) groups excluding carboxylic acids is 1. The molecule has 0 aliphatic heterocycles. The summed E-state index contributed by atoms with van der Waals surface area (Å²) < 4.78 is 5.24. The molecule has 1 N–H and O–H groups in total. The van der Waals surface area contributed by atoms with Gasteiger partial charge in [0.25, 0.3) is 0 Å². The van der Waals surface area contributed by atoms with Crippen LogP contribution in [0.3, 0.4) is 0 Å². The minimum atomic E-state index is -0.425. The lowest BCUT2D eigenvalue weighted by Crippen LogP contribution is -2.22. The average molecular weight is 411 g/mol. The van der Waals surface area contributed by atoms with Gasteiger partial charge in [-0.25, -0.2) is 9.97 Å². The van der Waals surface area contributed by atoms with Gasteiger partial charge in [-0.1, -0.05) is 23.9 Å². The van der Waals surface area contributed by atoms with E-state index in [0.717, 1.165) is 22.7 Å². The number of aryl methyl sites for hydroxylation is 1. The maximum absolute atomic E-state index is 12.6. The van der Waals surface area contributed by atoms with Crippen LogP contribution >= 0.6 is 23.1 Å². The number of pyridine rings is 1. The van der Waals surface area contributed by atoms with E-state index in [2.05, 4.69) is 21.4 Å². The number of carbonyl (C=O) groups is 1. The number of aromatic nitrogens is 2. The van der Waals surface area contributed by atoms with E-state index in [9.17, 15) is 10.1 Å². The minimum absolute atomic E-state index is 0.191. The average Bonchev–Trinajstić information content (AvgIpc) is 3.16. The molecule has 6 nitrogen and oxygen atoms in total. The van der Waals surface area contributed by atoms with Crippen molar-refractivity contribution in [2.24, 2.45) is 0 Å². The third-order valence-electron chi connectivity index (χ3n) is 3.88. The molecule has 2 heterocycles. The summed E-state index contributed by atoms with van der Waals surface area (Å²) in [5.74, 6) is 0.559. The number of nitrogens with one attached hydrogen (secondary N) is 1. The SMILES string of the molecule is COc1cccc(-c2csc(NC(=O)C(C)Sc3nc(C)ccc3C#N)n2)c1. The van der Waals surface area contributed by atoms with E-state index < -0.39 is 5.25 Å². The number of nitrogens with zero attached hydrogens (tertiary/aromatic N) is 3. The highest BCUT2D eigenvalue weighted by Crippen LogP contribution is 2.29. The molecule has 1 atom stereocenters. The van der Waals surface area contributed by atoms with Crippen LogP contribution in [0.1, 0.15) is 18.2 Å². The van der Waals surface area contributed by atoms with E-state index in [1.54, 1.807) is 26.2 Å². The molecule has 0 aliphatic rings. The van der Waals surface area contributed by atoms with Crippen molar-refractivity contribution in [1.82, 2.24) is 9.97 Å². The molecule has 3 aromatic rings. The number of rotatable bonds is 6. The molecule has 0 fully saturated rings. The molecule has 1 amide bonds. The van der Waals surface area contributed by atoms with Gasteiger partial charge in [-0.15, -0.1) is 11.3 Å². The smallest absolute Gasteiger partial charge is 0.239 e. The fourth-order valence-electron chi connectivity index (χ4n) is 2.38. The summed E-state index contributed by atoms with van der Waals surface area (Å²) in [7, 11) is 1.62. The van der Waals surface area contributed by atoms with E-state index in [1.807, 2.05) is 36.6 Å². The van der Waals surface area contributed by atoms with E-state index in [4.69, 9.17) is 4.74 Å². The van der Waals surface area contributed by atoms with E-state index in [-0.39, 0.29) is 5.91 Å². The Hall–Kier alpha value is -2.89. The molecule has 2 aromatic heterocycles. The first-order valence-electron chi connectivity index (χ1n) is 8.45. The van der Waals surface area contributed by atoms with Crippen molar-refractivity contribution in [3.05, 3.63) is 53.0 Å². The zero-order valence-electron chi connectivity index (χ0n) is 15.6. The summed E-state index contributed by atoms with van der Waals surface area (Å²) >= 11 is 2.62. The lowest BCUT2D eigenvalue weighted by atomic mass is 10.2. The molecule has 0 spiro atoms. The van der Waals surface area contributed by atoms with Gasteiger partial charge in [-0.2, -0.15) is 5.26 Å². The van der Waals surface area contributed by atoms with Crippen molar-refractivity contribution >= 4 is 34.1 Å². The number of thiazole rings is 1. The second-order valence-corrected chi connectivity index (χ2v) is 8.12. The number of anilines is 1. The molecule has 3 rings (SSSR count). The van der Waals surface area contributed by atoms with Gasteiger partial charge in [0, 0.05) is 16.6 Å². The Balaban J connectivity index is 1.69. The van der Waals surface area contributed by atoms with Crippen molar-refractivity contribution < 1.29 is 9.53 Å². The largest absolute Gasteiger partial charge is 0.497 e. The molecule has 0 aliphatic carbocycles. The molecule has 0 radical (unpaired) electrons. The molecule has 1 unspecified atom stereocenters. The van der Waals surface area contributed by atoms with Gasteiger partial charge in [-0.05, 0) is 38.1 Å². The van der Waals surface area contributed by atoms with Gasteiger partial charge >= 0.3 is 0 Å². The summed E-state index contributed by atoms with van der Waals surface area (Å²) in [4.78, 5) is 21.4. The maximum Gasteiger partial charge on any atom is 0.239 e. The van der Waals surface area contributed by atoms with Gasteiger partial charge in [0.15, 0.2) is 5.13 Å². The fraction of sp³-hybridized carbons (Fsp3) is 0.200. The van der Waals surface area contributed by atoms with Crippen molar-refractivity contribution in [1.29, 1.82) is 5.26 Å². The Bertz CT molecular complexity index is 1040. The highest BCUT2D eigenvalue weighted by atomic mass is 32.2. The summed E-state index contributed by atoms with van der Waals surface area (Å²) in [6, 6.07) is 13.2. The normalized spacial score (nSPS) is 11.5. The van der Waals surface area contributed by atoms with E-state index in [1.165, 1.54) is 23.1 Å². The molecule has 0 saturated heterocycles. The van der Waals surface area contributed by atoms with Crippen molar-refractivity contribution in [2.45, 2.75) is 24.1 Å². The molecule has 0 saturated carbocycles. The first-order valence-corrected chi connectivity index (χ1v) is 10.2. The van der Waals surface area contributed by atoms with Crippen LogP contribution in [0.15, 0.2) is 46.8 Å². The number of thioether (sulfide) groups is 1. The standard InChI is InChI=1S/C20H18N4O2S2/c1-12-7-8-15(10-21)19(22-12)28-13(2)18(25)24-20-23-17(11-27-20)14-5-4-6-16(9-14)26-3/h4-9,11,13H,1-3H3,(H,23,24,25). The lowest BCUT2D eigenvalue weighted by molar-refractivity contribution is -0.115. The van der Waals surface area contributed by atoms with Crippen LogP contribution in [0.5, 0.6) is 5.75 Å². The number of hydrogen-bond donors (Lipinski definition) is 1. The van der Waals surface area contributed by atoms with E-state index in [0.29, 0.717) is 15.7 Å². The van der Waals surface area contributed by atoms with Gasteiger partial charge in [-0.3, -0.25) is 4.79 Å². The van der Waals surface area contributed by atoms with Crippen molar-refractivity contribution in [3.8, 4) is 23.1 Å². The predicted octanol–water partition coefficient (Wildman–Crippen LogP) is 4.51. The number of amides is 1. The van der Waals surface area contributed by atoms with Crippen LogP contribution in [0.4, 0.5) is 5.13 Å². The Labute approximate surface area is 171 Å². The van der Waals surface area contributed by atoms with Crippen LogP contribution in [0.2, 0.25) is 0 Å². The molecule has 28 heavy (non-hydrogen) atoms. The first kappa shape index (κ1) is 19.9. The van der Waals surface area contributed by atoms with Gasteiger partial charge in [0.2, 0.25) is 5.91 Å². The topological polar surface area (TPSA) is 87.9 Å². The third kappa shape index (κ3) is 4.68. The Kier molecular flexibility index (Phi) is 6.29. The summed E-state index contributed by atoms with van der Waals surface area (Å²) in [5.41, 5.74) is 2.95. The maximum atomic E-state index is 12.6. The number of ether oxygens (including phenoxy) is 1. The minimum Gasteiger partial charge on any atom is -0.497 e. The Morgan fingerprint density at radius 3 is 2.89 bits per heavy atom. The summed E-state index contributed by atoms with van der Waals surface area (Å²) in [5, 5.41) is 14.6. The van der Waals surface area contributed by atoms with Crippen LogP contribution in [-0.4, -0.2) is 28.2 Å². The lowest BCUT2D eigenvalue weighted by Gasteiger charge is -2.11. The molecule has 142 valence electrons. The van der Waals surface area contributed by atoms with Crippen LogP contribution in [0.25, 0.3) is 11.3 Å². The van der Waals surface area contributed by atoms with Crippen molar-refractivity contribution in [2.75, 3.05) is 12.4 Å². The zero-order valence-corrected chi connectivity index (χ0v) is 17.2. The monoisotopic (exact) mass is 410 g/mol. The number of hydrogen-bond acceptors (Lipinski definition) is 7. The molecule has 1 aromatic carbocycles. The molecule has 0 bridgehead atoms. The second kappa shape index (κ2) is 8.87. The highest BCUT2D eigenvalue weighted by molar-refractivity contribution is 8.00. The fourth-order valence-corrected chi connectivity index (χ4v) is 4.04. The van der Waals surface area contributed by atoms with Gasteiger partial charge in [0.1, 0.15) is 16.8 Å². The van der Waals surface area contributed by atoms with Crippen molar-refractivity contribution in [3.63, 3.8) is 0 Å². The summed E-state index contributed by atoms with van der Waals surface area (Å²) in [6.45, 7) is 3.63. The molecular formula is C20H18N4O2S2. The van der Waals surface area contributed by atoms with Crippen LogP contribution in [-0.2, 0) is 4.79 Å². The molecule has 8 heteroatoms. The first-order chi connectivity index (χ1) is 13.5.